The fourth-order valence-corrected chi connectivity index (χ4v) is 4.61. The zero-order valence-corrected chi connectivity index (χ0v) is 13.1. The van der Waals surface area contributed by atoms with Crippen LogP contribution in [0.4, 0.5) is 5.69 Å². The van der Waals surface area contributed by atoms with Crippen molar-refractivity contribution >= 4 is 21.6 Å². The molecule has 2 fully saturated rings. The molecule has 0 heterocycles. The maximum absolute atomic E-state index is 10.9. The minimum atomic E-state index is -0.369. The molecule has 2 aliphatic carbocycles. The summed E-state index contributed by atoms with van der Waals surface area (Å²) in [6.07, 6.45) is 6.09. The zero-order valence-electron chi connectivity index (χ0n) is 11.5. The summed E-state index contributed by atoms with van der Waals surface area (Å²) in [5, 5.41) is 10.9. The molecule has 20 heavy (non-hydrogen) atoms. The normalized spacial score (nSPS) is 27.3. The molecule has 108 valence electrons. The van der Waals surface area contributed by atoms with Crippen LogP contribution in [0.5, 0.6) is 5.75 Å². The summed E-state index contributed by atoms with van der Waals surface area (Å²) in [6.45, 7) is 1.94. The Morgan fingerprint density at radius 3 is 2.70 bits per heavy atom. The minimum Gasteiger partial charge on any atom is -0.489 e. The van der Waals surface area contributed by atoms with Crippen LogP contribution in [0.15, 0.2) is 18.2 Å². The first-order valence-corrected chi connectivity index (χ1v) is 8.00. The Bertz CT molecular complexity index is 540. The SMILES string of the molecule is Cc1ccc([N+](=O)[O-])cc1OC1CC(Br)C12CCCC2. The summed E-state index contributed by atoms with van der Waals surface area (Å²) in [4.78, 5) is 11.0. The average molecular weight is 340 g/mol. The quantitative estimate of drug-likeness (QED) is 0.466. The summed E-state index contributed by atoms with van der Waals surface area (Å²) in [7, 11) is 0. The lowest BCUT2D eigenvalue weighted by Crippen LogP contribution is -2.55. The van der Waals surface area contributed by atoms with Gasteiger partial charge in [-0.25, -0.2) is 0 Å². The van der Waals surface area contributed by atoms with Crippen LogP contribution >= 0.6 is 15.9 Å². The third-order valence-electron chi connectivity index (χ3n) is 4.87. The number of ether oxygens (including phenoxy) is 1. The predicted molar refractivity (Wildman–Crippen MR) is 80.5 cm³/mol. The Hall–Kier alpha value is -1.10. The molecule has 1 aromatic carbocycles. The molecule has 2 unspecified atom stereocenters. The maximum Gasteiger partial charge on any atom is 0.273 e. The average Bonchev–Trinajstić information content (AvgIpc) is 2.92. The molecule has 0 amide bonds. The van der Waals surface area contributed by atoms with E-state index in [9.17, 15) is 10.1 Å². The van der Waals surface area contributed by atoms with E-state index in [1.807, 2.05) is 6.92 Å². The second-order valence-corrected chi connectivity index (χ2v) is 7.06. The van der Waals surface area contributed by atoms with Gasteiger partial charge in [0.25, 0.3) is 5.69 Å². The van der Waals surface area contributed by atoms with E-state index in [0.717, 1.165) is 12.0 Å². The van der Waals surface area contributed by atoms with Crippen LogP contribution in [-0.2, 0) is 0 Å². The van der Waals surface area contributed by atoms with Gasteiger partial charge in [0.2, 0.25) is 0 Å². The van der Waals surface area contributed by atoms with E-state index in [1.54, 1.807) is 12.1 Å². The van der Waals surface area contributed by atoms with E-state index in [4.69, 9.17) is 4.74 Å². The van der Waals surface area contributed by atoms with Crippen molar-refractivity contribution in [2.45, 2.75) is 50.0 Å². The molecule has 0 radical (unpaired) electrons. The molecular formula is C15H18BrNO3. The molecule has 1 aromatic rings. The van der Waals surface area contributed by atoms with Gasteiger partial charge in [0, 0.05) is 16.3 Å². The number of halogens is 1. The van der Waals surface area contributed by atoms with E-state index in [-0.39, 0.29) is 22.1 Å². The highest BCUT2D eigenvalue weighted by molar-refractivity contribution is 9.09. The van der Waals surface area contributed by atoms with Crippen LogP contribution in [0.1, 0.15) is 37.7 Å². The lowest BCUT2D eigenvalue weighted by atomic mass is 9.64. The second-order valence-electron chi connectivity index (χ2n) is 5.96. The third kappa shape index (κ3) is 2.12. The number of nitro benzene ring substituents is 1. The molecule has 3 rings (SSSR count). The van der Waals surface area contributed by atoms with Crippen molar-refractivity contribution in [3.05, 3.63) is 33.9 Å². The molecule has 0 aliphatic heterocycles. The summed E-state index contributed by atoms with van der Waals surface area (Å²) < 4.78 is 6.15. The molecule has 5 heteroatoms. The Morgan fingerprint density at radius 1 is 1.40 bits per heavy atom. The van der Waals surface area contributed by atoms with Crippen molar-refractivity contribution in [1.82, 2.24) is 0 Å². The van der Waals surface area contributed by atoms with Crippen molar-refractivity contribution in [2.24, 2.45) is 5.41 Å². The number of hydrogen-bond donors (Lipinski definition) is 0. The van der Waals surface area contributed by atoms with Gasteiger partial charge < -0.3 is 4.74 Å². The third-order valence-corrected chi connectivity index (χ3v) is 6.16. The van der Waals surface area contributed by atoms with Crippen molar-refractivity contribution < 1.29 is 9.66 Å². The molecule has 2 aliphatic rings. The first-order valence-electron chi connectivity index (χ1n) is 7.09. The lowest BCUT2D eigenvalue weighted by molar-refractivity contribution is -0.385. The monoisotopic (exact) mass is 339 g/mol. The standard InChI is InChI=1S/C15H18BrNO3/c1-10-4-5-11(17(18)19)8-12(10)20-14-9-13(16)15(14)6-2-3-7-15/h4-5,8,13-14H,2-3,6-7,9H2,1H3. The molecule has 4 nitrogen and oxygen atoms in total. The van der Waals surface area contributed by atoms with Gasteiger partial charge in [0.05, 0.1) is 11.0 Å². The van der Waals surface area contributed by atoms with Gasteiger partial charge in [-0.2, -0.15) is 0 Å². The molecule has 0 bridgehead atoms. The Balaban J connectivity index is 1.81. The summed E-state index contributed by atoms with van der Waals surface area (Å²) >= 11 is 3.77. The van der Waals surface area contributed by atoms with E-state index in [2.05, 4.69) is 15.9 Å². The predicted octanol–water partition coefficient (Wildman–Crippen LogP) is 4.38. The number of rotatable bonds is 3. The van der Waals surface area contributed by atoms with Crippen molar-refractivity contribution in [3.63, 3.8) is 0 Å². The Labute approximate surface area is 126 Å². The topological polar surface area (TPSA) is 52.4 Å². The number of alkyl halides is 1. The highest BCUT2D eigenvalue weighted by Crippen LogP contribution is 2.57. The van der Waals surface area contributed by atoms with Crippen molar-refractivity contribution in [3.8, 4) is 5.75 Å². The van der Waals surface area contributed by atoms with Crippen molar-refractivity contribution in [1.29, 1.82) is 0 Å². The molecular weight excluding hydrogens is 322 g/mol. The van der Waals surface area contributed by atoms with Gasteiger partial charge in [0.1, 0.15) is 11.9 Å². The number of benzene rings is 1. The molecule has 1 spiro atoms. The fraction of sp³-hybridized carbons (Fsp3) is 0.600. The van der Waals surface area contributed by atoms with Gasteiger partial charge in [-0.05, 0) is 37.8 Å². The number of non-ortho nitro benzene ring substituents is 1. The second kappa shape index (κ2) is 5.02. The van der Waals surface area contributed by atoms with Crippen LogP contribution < -0.4 is 4.74 Å². The Kier molecular flexibility index (Phi) is 3.48. The zero-order chi connectivity index (χ0) is 14.3. The largest absolute Gasteiger partial charge is 0.489 e. The summed E-state index contributed by atoms with van der Waals surface area (Å²) in [5.74, 6) is 0.662. The lowest BCUT2D eigenvalue weighted by Gasteiger charge is -2.51. The van der Waals surface area contributed by atoms with Crippen LogP contribution in [0.3, 0.4) is 0 Å². The van der Waals surface area contributed by atoms with Gasteiger partial charge >= 0.3 is 0 Å². The van der Waals surface area contributed by atoms with E-state index in [0.29, 0.717) is 10.6 Å². The van der Waals surface area contributed by atoms with Crippen LogP contribution in [0.25, 0.3) is 0 Å². The molecule has 0 N–H and O–H groups in total. The maximum atomic E-state index is 10.9. The van der Waals surface area contributed by atoms with Crippen LogP contribution in [0.2, 0.25) is 0 Å². The first-order chi connectivity index (χ1) is 9.53. The van der Waals surface area contributed by atoms with Gasteiger partial charge in [-0.15, -0.1) is 0 Å². The molecule has 2 atom stereocenters. The van der Waals surface area contributed by atoms with Gasteiger partial charge in [-0.1, -0.05) is 28.8 Å². The molecule has 2 saturated carbocycles. The number of hydrogen-bond acceptors (Lipinski definition) is 3. The van der Waals surface area contributed by atoms with Crippen LogP contribution in [0, 0.1) is 22.5 Å². The van der Waals surface area contributed by atoms with E-state index in [1.165, 1.54) is 31.7 Å². The smallest absolute Gasteiger partial charge is 0.273 e. The number of aryl methyl sites for hydroxylation is 1. The highest BCUT2D eigenvalue weighted by atomic mass is 79.9. The van der Waals surface area contributed by atoms with Gasteiger partial charge in [0.15, 0.2) is 0 Å². The summed E-state index contributed by atoms with van der Waals surface area (Å²) in [6, 6.07) is 4.85. The Morgan fingerprint density at radius 2 is 2.10 bits per heavy atom. The highest BCUT2D eigenvalue weighted by Gasteiger charge is 2.56. The fourth-order valence-electron chi connectivity index (χ4n) is 3.52. The number of nitro groups is 1. The molecule has 0 saturated heterocycles. The minimum absolute atomic E-state index is 0.0980. The number of nitrogens with zero attached hydrogens (tertiary/aromatic N) is 1. The van der Waals surface area contributed by atoms with Gasteiger partial charge in [-0.3, -0.25) is 10.1 Å². The molecule has 0 aromatic heterocycles. The van der Waals surface area contributed by atoms with E-state index >= 15 is 0 Å². The van der Waals surface area contributed by atoms with Crippen molar-refractivity contribution in [2.75, 3.05) is 0 Å². The van der Waals surface area contributed by atoms with Crippen LogP contribution in [-0.4, -0.2) is 15.9 Å². The van der Waals surface area contributed by atoms with E-state index < -0.39 is 0 Å². The summed E-state index contributed by atoms with van der Waals surface area (Å²) in [5.41, 5.74) is 1.31. The first kappa shape index (κ1) is 13.9.